The number of aromatic nitrogens is 1. The second-order valence-electron chi connectivity index (χ2n) is 3.73. The third kappa shape index (κ3) is 2.36. The summed E-state index contributed by atoms with van der Waals surface area (Å²) in [5.41, 5.74) is 5.95. The molecule has 1 aliphatic heterocycles. The molecule has 2 rings (SSSR count). The molecular weight excluding hydrogens is 258 g/mol. The van der Waals surface area contributed by atoms with Gasteiger partial charge in [0.1, 0.15) is 10.7 Å². The first-order valence-corrected chi connectivity index (χ1v) is 6.73. The van der Waals surface area contributed by atoms with Crippen LogP contribution in [0.5, 0.6) is 0 Å². The maximum atomic E-state index is 12.2. The molecule has 2 heterocycles. The van der Waals surface area contributed by atoms with Crippen molar-refractivity contribution in [1.29, 1.82) is 0 Å². The van der Waals surface area contributed by atoms with E-state index in [0.717, 1.165) is 0 Å². The number of carbonyl (C=O) groups excluding carboxylic acids is 1. The SMILES string of the molecule is CCn1c(N)c(C(=O)N2CCOCC2)sc1=S. The fourth-order valence-corrected chi connectivity index (χ4v) is 3.20. The summed E-state index contributed by atoms with van der Waals surface area (Å²) >= 11 is 6.47. The smallest absolute Gasteiger partial charge is 0.267 e. The predicted octanol–water partition coefficient (Wildman–Crippen LogP) is 1.35. The van der Waals surface area contributed by atoms with E-state index >= 15 is 0 Å². The first-order chi connectivity index (χ1) is 8.15. The van der Waals surface area contributed by atoms with Crippen LogP contribution < -0.4 is 5.73 Å². The molecule has 17 heavy (non-hydrogen) atoms. The van der Waals surface area contributed by atoms with Gasteiger partial charge < -0.3 is 19.9 Å². The first kappa shape index (κ1) is 12.5. The number of carbonyl (C=O) groups is 1. The standard InChI is InChI=1S/C10H15N3O2S2/c1-2-13-8(11)7(17-10(13)16)9(14)12-3-5-15-6-4-12/h2-6,11H2,1H3. The van der Waals surface area contributed by atoms with E-state index < -0.39 is 0 Å². The van der Waals surface area contributed by atoms with E-state index in [2.05, 4.69) is 0 Å². The molecule has 0 aliphatic carbocycles. The third-order valence-electron chi connectivity index (χ3n) is 2.74. The Morgan fingerprint density at radius 2 is 2.18 bits per heavy atom. The van der Waals surface area contributed by atoms with Crippen LogP contribution in [-0.2, 0) is 11.3 Å². The van der Waals surface area contributed by atoms with Crippen molar-refractivity contribution in [3.63, 3.8) is 0 Å². The summed E-state index contributed by atoms with van der Waals surface area (Å²) in [5, 5.41) is 0. The van der Waals surface area contributed by atoms with Crippen LogP contribution in [0.3, 0.4) is 0 Å². The Kier molecular flexibility index (Phi) is 3.80. The Morgan fingerprint density at radius 3 is 2.71 bits per heavy atom. The molecule has 0 aromatic carbocycles. The van der Waals surface area contributed by atoms with Gasteiger partial charge in [-0.25, -0.2) is 0 Å². The van der Waals surface area contributed by atoms with Gasteiger partial charge in [-0.3, -0.25) is 4.79 Å². The highest BCUT2D eigenvalue weighted by molar-refractivity contribution is 7.73. The van der Waals surface area contributed by atoms with Gasteiger partial charge in [-0.05, 0) is 19.1 Å². The van der Waals surface area contributed by atoms with Gasteiger partial charge in [0.2, 0.25) is 0 Å². The highest BCUT2D eigenvalue weighted by Gasteiger charge is 2.23. The van der Waals surface area contributed by atoms with Gasteiger partial charge >= 0.3 is 0 Å². The van der Waals surface area contributed by atoms with Crippen molar-refractivity contribution in [2.75, 3.05) is 32.0 Å². The summed E-state index contributed by atoms with van der Waals surface area (Å²) in [6, 6.07) is 0. The highest BCUT2D eigenvalue weighted by atomic mass is 32.1. The molecule has 1 amide bonds. The summed E-state index contributed by atoms with van der Waals surface area (Å²) in [5.74, 6) is 0.452. The Balaban J connectivity index is 2.27. The normalized spacial score (nSPS) is 16.2. The molecule has 1 aromatic heterocycles. The number of ether oxygens (including phenoxy) is 1. The van der Waals surface area contributed by atoms with E-state index in [1.807, 2.05) is 6.92 Å². The minimum atomic E-state index is -0.0332. The van der Waals surface area contributed by atoms with Gasteiger partial charge in [0.15, 0.2) is 3.95 Å². The molecule has 94 valence electrons. The van der Waals surface area contributed by atoms with Gasteiger partial charge in [-0.1, -0.05) is 11.3 Å². The molecule has 0 atom stereocenters. The summed E-state index contributed by atoms with van der Waals surface area (Å²) in [7, 11) is 0. The number of thiazole rings is 1. The molecule has 1 aliphatic rings. The summed E-state index contributed by atoms with van der Waals surface area (Å²) < 4.78 is 7.66. The Hall–Kier alpha value is -0.920. The lowest BCUT2D eigenvalue weighted by Gasteiger charge is -2.26. The average molecular weight is 273 g/mol. The maximum absolute atomic E-state index is 12.2. The topological polar surface area (TPSA) is 60.5 Å². The second-order valence-corrected chi connectivity index (χ2v) is 5.38. The third-order valence-corrected chi connectivity index (χ3v) is 4.20. The van der Waals surface area contributed by atoms with Crippen LogP contribution in [0.4, 0.5) is 5.82 Å². The van der Waals surface area contributed by atoms with Crippen LogP contribution >= 0.6 is 23.6 Å². The van der Waals surface area contributed by atoms with Crippen molar-refractivity contribution >= 4 is 35.3 Å². The van der Waals surface area contributed by atoms with Crippen LogP contribution in [-0.4, -0.2) is 41.7 Å². The predicted molar refractivity (Wildman–Crippen MR) is 70.0 cm³/mol. The highest BCUT2D eigenvalue weighted by Crippen LogP contribution is 2.24. The number of hydrogen-bond acceptors (Lipinski definition) is 5. The minimum Gasteiger partial charge on any atom is -0.384 e. The molecule has 0 saturated carbocycles. The van der Waals surface area contributed by atoms with Crippen molar-refractivity contribution < 1.29 is 9.53 Å². The van der Waals surface area contributed by atoms with Crippen LogP contribution in [0.2, 0.25) is 0 Å². The number of nitrogens with two attached hydrogens (primary N) is 1. The summed E-state index contributed by atoms with van der Waals surface area (Å²) in [6.45, 7) is 5.07. The first-order valence-electron chi connectivity index (χ1n) is 5.51. The maximum Gasteiger partial charge on any atom is 0.267 e. The van der Waals surface area contributed by atoms with Crippen molar-refractivity contribution in [2.45, 2.75) is 13.5 Å². The van der Waals surface area contributed by atoms with Crippen LogP contribution in [0, 0.1) is 3.95 Å². The molecule has 0 bridgehead atoms. The quantitative estimate of drug-likeness (QED) is 0.826. The van der Waals surface area contributed by atoms with E-state index in [1.165, 1.54) is 11.3 Å². The van der Waals surface area contributed by atoms with Crippen LogP contribution in [0.25, 0.3) is 0 Å². The summed E-state index contributed by atoms with van der Waals surface area (Å²) in [4.78, 5) is 14.6. The average Bonchev–Trinajstić information content (AvgIpc) is 2.64. The summed E-state index contributed by atoms with van der Waals surface area (Å²) in [6.07, 6.45) is 0. The molecule has 1 aromatic rings. The minimum absolute atomic E-state index is 0.0332. The number of rotatable bonds is 2. The molecule has 0 unspecified atom stereocenters. The number of hydrogen-bond donors (Lipinski definition) is 1. The molecule has 1 saturated heterocycles. The second kappa shape index (κ2) is 5.16. The monoisotopic (exact) mass is 273 g/mol. The lowest BCUT2D eigenvalue weighted by atomic mass is 10.3. The van der Waals surface area contributed by atoms with Gasteiger partial charge in [-0.2, -0.15) is 0 Å². The van der Waals surface area contributed by atoms with Gasteiger partial charge in [-0.15, -0.1) is 0 Å². The lowest BCUT2D eigenvalue weighted by Crippen LogP contribution is -2.40. The van der Waals surface area contributed by atoms with E-state index in [-0.39, 0.29) is 5.91 Å². The zero-order valence-electron chi connectivity index (χ0n) is 9.64. The van der Waals surface area contributed by atoms with E-state index in [0.29, 0.717) is 47.5 Å². The van der Waals surface area contributed by atoms with E-state index in [4.69, 9.17) is 22.7 Å². The lowest BCUT2D eigenvalue weighted by molar-refractivity contribution is 0.0306. The van der Waals surface area contributed by atoms with Crippen molar-refractivity contribution in [1.82, 2.24) is 9.47 Å². The number of nitrogen functional groups attached to an aromatic ring is 1. The van der Waals surface area contributed by atoms with Gasteiger partial charge in [0.25, 0.3) is 5.91 Å². The van der Waals surface area contributed by atoms with Crippen LogP contribution in [0.15, 0.2) is 0 Å². The molecule has 7 heteroatoms. The zero-order chi connectivity index (χ0) is 12.4. The fraction of sp³-hybridized carbons (Fsp3) is 0.600. The molecule has 0 radical (unpaired) electrons. The molecule has 5 nitrogen and oxygen atoms in total. The van der Waals surface area contributed by atoms with E-state index in [1.54, 1.807) is 9.47 Å². The Labute approximate surface area is 109 Å². The van der Waals surface area contributed by atoms with Gasteiger partial charge in [0.05, 0.1) is 13.2 Å². The van der Waals surface area contributed by atoms with Crippen molar-refractivity contribution in [3.8, 4) is 0 Å². The number of amides is 1. The van der Waals surface area contributed by atoms with Crippen LogP contribution in [0.1, 0.15) is 16.6 Å². The molecule has 2 N–H and O–H groups in total. The molecule has 0 spiro atoms. The number of anilines is 1. The Bertz CT molecular complexity index is 474. The molecule has 1 fully saturated rings. The van der Waals surface area contributed by atoms with E-state index in [9.17, 15) is 4.79 Å². The molecular formula is C10H15N3O2S2. The fourth-order valence-electron chi connectivity index (χ4n) is 1.78. The Morgan fingerprint density at radius 1 is 1.53 bits per heavy atom. The largest absolute Gasteiger partial charge is 0.384 e. The van der Waals surface area contributed by atoms with Gasteiger partial charge in [0, 0.05) is 19.6 Å². The van der Waals surface area contributed by atoms with Crippen molar-refractivity contribution in [3.05, 3.63) is 8.83 Å². The zero-order valence-corrected chi connectivity index (χ0v) is 11.3. The number of nitrogens with zero attached hydrogens (tertiary/aromatic N) is 2. The van der Waals surface area contributed by atoms with Crippen molar-refractivity contribution in [2.24, 2.45) is 0 Å². The number of morpholine rings is 1.